The van der Waals surface area contributed by atoms with Crippen molar-refractivity contribution >= 4 is 0 Å². The highest BCUT2D eigenvalue weighted by Crippen LogP contribution is 2.28. The molecule has 4 heteroatoms. The zero-order valence-electron chi connectivity index (χ0n) is 9.99. The topological polar surface area (TPSA) is 34.2 Å². The van der Waals surface area contributed by atoms with Gasteiger partial charge in [-0.25, -0.2) is 4.39 Å². The number of pyridine rings is 1. The third-order valence-corrected chi connectivity index (χ3v) is 2.78. The summed E-state index contributed by atoms with van der Waals surface area (Å²) >= 11 is 0. The number of rotatable bonds is 8. The van der Waals surface area contributed by atoms with Crippen molar-refractivity contribution in [3.8, 4) is 0 Å². The summed E-state index contributed by atoms with van der Waals surface area (Å²) in [6, 6.07) is 1.50. The average Bonchev–Trinajstić information content (AvgIpc) is 3.12. The zero-order chi connectivity index (χ0) is 11.9. The summed E-state index contributed by atoms with van der Waals surface area (Å²) in [7, 11) is 0. The molecule has 1 aromatic heterocycles. The van der Waals surface area contributed by atoms with Crippen LogP contribution in [-0.4, -0.2) is 24.7 Å². The Hall–Kier alpha value is -1.00. The van der Waals surface area contributed by atoms with E-state index in [1.165, 1.54) is 25.1 Å². The number of hydrogen-bond donors (Lipinski definition) is 1. The molecule has 2 rings (SSSR count). The molecule has 1 N–H and O–H groups in total. The SMILES string of the molecule is Fc1cncc(CNCCCOCC2CC2)c1. The van der Waals surface area contributed by atoms with E-state index in [1.54, 1.807) is 6.20 Å². The fourth-order valence-electron chi connectivity index (χ4n) is 1.62. The third kappa shape index (κ3) is 5.24. The molecule has 1 aromatic rings. The van der Waals surface area contributed by atoms with E-state index in [0.29, 0.717) is 6.54 Å². The van der Waals surface area contributed by atoms with E-state index >= 15 is 0 Å². The van der Waals surface area contributed by atoms with Crippen molar-refractivity contribution in [3.05, 3.63) is 29.8 Å². The molecule has 1 aliphatic rings. The van der Waals surface area contributed by atoms with Crippen LogP contribution in [0, 0.1) is 11.7 Å². The van der Waals surface area contributed by atoms with E-state index in [4.69, 9.17) is 4.74 Å². The summed E-state index contributed by atoms with van der Waals surface area (Å²) in [6.07, 6.45) is 6.57. The van der Waals surface area contributed by atoms with Crippen molar-refractivity contribution in [2.45, 2.75) is 25.8 Å². The Kier molecular flexibility index (Phi) is 4.88. The van der Waals surface area contributed by atoms with Gasteiger partial charge in [0.05, 0.1) is 6.20 Å². The fourth-order valence-corrected chi connectivity index (χ4v) is 1.62. The van der Waals surface area contributed by atoms with Crippen LogP contribution in [0.2, 0.25) is 0 Å². The van der Waals surface area contributed by atoms with Gasteiger partial charge in [-0.1, -0.05) is 0 Å². The Morgan fingerprint density at radius 3 is 3.06 bits per heavy atom. The smallest absolute Gasteiger partial charge is 0.141 e. The molecule has 1 fully saturated rings. The van der Waals surface area contributed by atoms with Crippen LogP contribution in [0.5, 0.6) is 0 Å². The minimum atomic E-state index is -0.280. The molecule has 1 saturated carbocycles. The molecule has 0 saturated heterocycles. The summed E-state index contributed by atoms with van der Waals surface area (Å²) < 4.78 is 18.3. The van der Waals surface area contributed by atoms with Gasteiger partial charge in [0.25, 0.3) is 0 Å². The molecule has 0 amide bonds. The summed E-state index contributed by atoms with van der Waals surface area (Å²) in [4.78, 5) is 3.80. The highest BCUT2D eigenvalue weighted by atomic mass is 19.1. The molecule has 0 aliphatic heterocycles. The maximum absolute atomic E-state index is 12.8. The molecule has 3 nitrogen and oxygen atoms in total. The van der Waals surface area contributed by atoms with Crippen LogP contribution in [0.4, 0.5) is 4.39 Å². The highest BCUT2D eigenvalue weighted by Gasteiger charge is 2.20. The van der Waals surface area contributed by atoms with Gasteiger partial charge in [-0.2, -0.15) is 0 Å². The highest BCUT2D eigenvalue weighted by molar-refractivity contribution is 5.09. The Bertz CT molecular complexity index is 342. The quantitative estimate of drug-likeness (QED) is 0.704. The number of aromatic nitrogens is 1. The first-order valence-corrected chi connectivity index (χ1v) is 6.22. The maximum atomic E-state index is 12.8. The average molecular weight is 238 g/mol. The van der Waals surface area contributed by atoms with Crippen LogP contribution in [0.1, 0.15) is 24.8 Å². The van der Waals surface area contributed by atoms with Gasteiger partial charge in [-0.15, -0.1) is 0 Å². The second-order valence-corrected chi connectivity index (χ2v) is 4.56. The van der Waals surface area contributed by atoms with Crippen molar-refractivity contribution in [1.29, 1.82) is 0 Å². The van der Waals surface area contributed by atoms with Gasteiger partial charge < -0.3 is 10.1 Å². The van der Waals surface area contributed by atoms with Crippen LogP contribution in [0.15, 0.2) is 18.5 Å². The predicted octanol–water partition coefficient (Wildman–Crippen LogP) is 2.13. The summed E-state index contributed by atoms with van der Waals surface area (Å²) in [5.41, 5.74) is 0.879. The minimum absolute atomic E-state index is 0.280. The largest absolute Gasteiger partial charge is 0.381 e. The molecule has 17 heavy (non-hydrogen) atoms. The lowest BCUT2D eigenvalue weighted by molar-refractivity contribution is 0.122. The van der Waals surface area contributed by atoms with Gasteiger partial charge in [0.2, 0.25) is 0 Å². The molecule has 0 radical (unpaired) electrons. The normalized spacial score (nSPS) is 15.1. The van der Waals surface area contributed by atoms with Crippen LogP contribution in [0.25, 0.3) is 0 Å². The lowest BCUT2D eigenvalue weighted by Gasteiger charge is -2.05. The Morgan fingerprint density at radius 1 is 1.41 bits per heavy atom. The molecule has 1 heterocycles. The number of ether oxygens (including phenoxy) is 1. The maximum Gasteiger partial charge on any atom is 0.141 e. The number of halogens is 1. The number of nitrogens with zero attached hydrogens (tertiary/aromatic N) is 1. The first-order chi connectivity index (χ1) is 8.34. The van der Waals surface area contributed by atoms with E-state index in [9.17, 15) is 4.39 Å². The number of nitrogens with one attached hydrogen (secondary N) is 1. The van der Waals surface area contributed by atoms with Gasteiger partial charge in [-0.3, -0.25) is 4.98 Å². The summed E-state index contributed by atoms with van der Waals surface area (Å²) in [5.74, 6) is 0.554. The minimum Gasteiger partial charge on any atom is -0.381 e. The lowest BCUT2D eigenvalue weighted by Crippen LogP contribution is -2.16. The Balaban J connectivity index is 1.47. The monoisotopic (exact) mass is 238 g/mol. The first kappa shape index (κ1) is 12.5. The lowest BCUT2D eigenvalue weighted by atomic mass is 10.3. The van der Waals surface area contributed by atoms with Crippen molar-refractivity contribution in [2.24, 2.45) is 5.92 Å². The molecule has 1 aliphatic carbocycles. The second-order valence-electron chi connectivity index (χ2n) is 4.56. The van der Waals surface area contributed by atoms with Gasteiger partial charge in [0, 0.05) is 26.0 Å². The molecular weight excluding hydrogens is 219 g/mol. The van der Waals surface area contributed by atoms with E-state index in [2.05, 4.69) is 10.3 Å². The Labute approximate surface area is 101 Å². The van der Waals surface area contributed by atoms with E-state index < -0.39 is 0 Å². The Morgan fingerprint density at radius 2 is 2.29 bits per heavy atom. The first-order valence-electron chi connectivity index (χ1n) is 6.22. The van der Waals surface area contributed by atoms with Gasteiger partial charge in [-0.05, 0) is 43.4 Å². The second kappa shape index (κ2) is 6.67. The zero-order valence-corrected chi connectivity index (χ0v) is 9.99. The van der Waals surface area contributed by atoms with Crippen molar-refractivity contribution in [1.82, 2.24) is 10.3 Å². The van der Waals surface area contributed by atoms with Crippen LogP contribution < -0.4 is 5.32 Å². The molecule has 0 bridgehead atoms. The molecule has 0 atom stereocenters. The van der Waals surface area contributed by atoms with Crippen molar-refractivity contribution in [2.75, 3.05) is 19.8 Å². The van der Waals surface area contributed by atoms with Crippen molar-refractivity contribution in [3.63, 3.8) is 0 Å². The van der Waals surface area contributed by atoms with E-state index in [-0.39, 0.29) is 5.82 Å². The van der Waals surface area contributed by atoms with Crippen LogP contribution in [-0.2, 0) is 11.3 Å². The standard InChI is InChI=1S/C13H19FN2O/c14-13-6-12(8-16-9-13)7-15-4-1-5-17-10-11-2-3-11/h6,8-9,11,15H,1-5,7,10H2. The van der Waals surface area contributed by atoms with Crippen LogP contribution >= 0.6 is 0 Å². The predicted molar refractivity (Wildman–Crippen MR) is 64.1 cm³/mol. The molecule has 0 unspecified atom stereocenters. The number of hydrogen-bond acceptors (Lipinski definition) is 3. The third-order valence-electron chi connectivity index (χ3n) is 2.78. The van der Waals surface area contributed by atoms with E-state index in [0.717, 1.165) is 37.7 Å². The fraction of sp³-hybridized carbons (Fsp3) is 0.615. The van der Waals surface area contributed by atoms with E-state index in [1.807, 2.05) is 0 Å². The summed E-state index contributed by atoms with van der Waals surface area (Å²) in [6.45, 7) is 3.29. The van der Waals surface area contributed by atoms with Gasteiger partial charge in [0.15, 0.2) is 0 Å². The van der Waals surface area contributed by atoms with Gasteiger partial charge in [0.1, 0.15) is 5.82 Å². The molecular formula is C13H19FN2O. The van der Waals surface area contributed by atoms with Crippen LogP contribution in [0.3, 0.4) is 0 Å². The molecule has 94 valence electrons. The summed E-state index contributed by atoms with van der Waals surface area (Å²) in [5, 5.41) is 3.25. The molecule has 0 aromatic carbocycles. The van der Waals surface area contributed by atoms with Gasteiger partial charge >= 0.3 is 0 Å². The van der Waals surface area contributed by atoms with Crippen molar-refractivity contribution < 1.29 is 9.13 Å². The molecule has 0 spiro atoms.